The third kappa shape index (κ3) is 2.71. The lowest BCUT2D eigenvalue weighted by Gasteiger charge is -2.31. The van der Waals surface area contributed by atoms with Crippen molar-refractivity contribution in [3.8, 4) is 0 Å². The molecule has 1 saturated carbocycles. The van der Waals surface area contributed by atoms with E-state index < -0.39 is 0 Å². The first-order valence-corrected chi connectivity index (χ1v) is 9.06. The summed E-state index contributed by atoms with van der Waals surface area (Å²) in [6, 6.07) is 7.87. The van der Waals surface area contributed by atoms with Crippen LogP contribution in [0.15, 0.2) is 30.5 Å². The highest BCUT2D eigenvalue weighted by Crippen LogP contribution is 2.38. The first-order chi connectivity index (χ1) is 12.3. The first kappa shape index (κ1) is 14.7. The number of rotatable bonds is 3. The summed E-state index contributed by atoms with van der Waals surface area (Å²) in [5, 5.41) is 8.64. The minimum absolute atomic E-state index is 0.0964. The molecule has 1 saturated heterocycles. The van der Waals surface area contributed by atoms with Crippen LogP contribution in [-0.2, 0) is 0 Å². The van der Waals surface area contributed by atoms with Crippen LogP contribution in [0.5, 0.6) is 0 Å². The molecule has 0 bridgehead atoms. The molecule has 3 aromatic rings. The van der Waals surface area contributed by atoms with E-state index in [0.29, 0.717) is 12.5 Å². The molecule has 1 aliphatic heterocycles. The lowest BCUT2D eigenvalue weighted by atomic mass is 9.96. The van der Waals surface area contributed by atoms with Gasteiger partial charge in [-0.3, -0.25) is 9.89 Å². The van der Waals surface area contributed by atoms with E-state index in [0.717, 1.165) is 47.5 Å². The number of nitrogens with one attached hydrogen (secondary N) is 2. The van der Waals surface area contributed by atoms with Gasteiger partial charge in [0.1, 0.15) is 5.82 Å². The fraction of sp³-hybridized carbons (Fsp3) is 0.421. The van der Waals surface area contributed by atoms with Crippen molar-refractivity contribution >= 4 is 16.8 Å². The topological polar surface area (TPSA) is 77.7 Å². The van der Waals surface area contributed by atoms with Crippen molar-refractivity contribution in [2.24, 2.45) is 0 Å². The van der Waals surface area contributed by atoms with Crippen molar-refractivity contribution in [3.05, 3.63) is 47.7 Å². The van der Waals surface area contributed by atoms with E-state index in [1.54, 1.807) is 0 Å². The summed E-state index contributed by atoms with van der Waals surface area (Å²) in [5.41, 5.74) is 1.74. The highest BCUT2D eigenvalue weighted by molar-refractivity contribution is 5.98. The van der Waals surface area contributed by atoms with Crippen LogP contribution >= 0.6 is 0 Å². The fourth-order valence-electron chi connectivity index (χ4n) is 3.75. The predicted octanol–water partition coefficient (Wildman–Crippen LogP) is 3.18. The first-order valence-electron chi connectivity index (χ1n) is 9.06. The molecular weight excluding hydrogens is 314 g/mol. The smallest absolute Gasteiger partial charge is 0.253 e. The van der Waals surface area contributed by atoms with Crippen LogP contribution < -0.4 is 0 Å². The number of benzene rings is 1. The molecule has 128 valence electrons. The van der Waals surface area contributed by atoms with E-state index >= 15 is 0 Å². The van der Waals surface area contributed by atoms with E-state index in [-0.39, 0.29) is 11.8 Å². The van der Waals surface area contributed by atoms with Crippen LogP contribution in [0.3, 0.4) is 0 Å². The van der Waals surface area contributed by atoms with Crippen molar-refractivity contribution in [2.45, 2.75) is 37.5 Å². The molecule has 1 aromatic carbocycles. The van der Waals surface area contributed by atoms with Gasteiger partial charge in [0.15, 0.2) is 5.82 Å². The van der Waals surface area contributed by atoms with Crippen molar-refractivity contribution in [3.63, 3.8) is 0 Å². The zero-order valence-electron chi connectivity index (χ0n) is 14.0. The molecule has 3 heterocycles. The van der Waals surface area contributed by atoms with Gasteiger partial charge in [-0.15, -0.1) is 0 Å². The minimum Gasteiger partial charge on any atom is -0.361 e. The van der Waals surface area contributed by atoms with Gasteiger partial charge in [0.2, 0.25) is 0 Å². The zero-order valence-corrected chi connectivity index (χ0v) is 14.0. The molecule has 2 aliphatic rings. The maximum Gasteiger partial charge on any atom is 0.253 e. The largest absolute Gasteiger partial charge is 0.361 e. The van der Waals surface area contributed by atoms with Gasteiger partial charge >= 0.3 is 0 Å². The Labute approximate surface area is 145 Å². The average molecular weight is 335 g/mol. The van der Waals surface area contributed by atoms with E-state index in [1.165, 1.54) is 12.8 Å². The number of amides is 1. The van der Waals surface area contributed by atoms with Gasteiger partial charge in [0.25, 0.3) is 5.91 Å². The summed E-state index contributed by atoms with van der Waals surface area (Å²) in [7, 11) is 0. The maximum atomic E-state index is 12.9. The third-order valence-electron chi connectivity index (χ3n) is 5.36. The van der Waals surface area contributed by atoms with Crippen LogP contribution in [-0.4, -0.2) is 44.1 Å². The summed E-state index contributed by atoms with van der Waals surface area (Å²) in [5.74, 6) is 2.81. The molecule has 0 spiro atoms. The Balaban J connectivity index is 1.34. The van der Waals surface area contributed by atoms with E-state index in [4.69, 9.17) is 0 Å². The monoisotopic (exact) mass is 335 g/mol. The second kappa shape index (κ2) is 5.72. The molecule has 1 atom stereocenters. The SMILES string of the molecule is O=C(c1ccc2cc[nH]c2c1)N1CCCC(c2n[nH]c(C3CC3)n2)C1. The van der Waals surface area contributed by atoms with Crippen LogP contribution in [0, 0.1) is 0 Å². The Morgan fingerprint density at radius 1 is 1.16 bits per heavy atom. The quantitative estimate of drug-likeness (QED) is 0.771. The average Bonchev–Trinajstić information content (AvgIpc) is 3.20. The lowest BCUT2D eigenvalue weighted by molar-refractivity contribution is 0.0704. The molecule has 2 fully saturated rings. The number of hydrogen-bond acceptors (Lipinski definition) is 3. The van der Waals surface area contributed by atoms with Crippen LogP contribution in [0.25, 0.3) is 10.9 Å². The predicted molar refractivity (Wildman–Crippen MR) is 94.5 cm³/mol. The number of likely N-dealkylation sites (tertiary alicyclic amines) is 1. The molecule has 2 aromatic heterocycles. The number of carbonyl (C=O) groups excluding carboxylic acids is 1. The van der Waals surface area contributed by atoms with Gasteiger partial charge in [-0.1, -0.05) is 6.07 Å². The molecule has 6 nitrogen and oxygen atoms in total. The summed E-state index contributed by atoms with van der Waals surface area (Å²) in [4.78, 5) is 22.7. The third-order valence-corrected chi connectivity index (χ3v) is 5.36. The Morgan fingerprint density at radius 2 is 2.08 bits per heavy atom. The van der Waals surface area contributed by atoms with Crippen molar-refractivity contribution in [1.29, 1.82) is 0 Å². The van der Waals surface area contributed by atoms with Gasteiger partial charge in [-0.05, 0) is 49.3 Å². The van der Waals surface area contributed by atoms with Crippen LogP contribution in [0.1, 0.15) is 59.5 Å². The van der Waals surface area contributed by atoms with E-state index in [2.05, 4.69) is 20.2 Å². The fourth-order valence-corrected chi connectivity index (χ4v) is 3.75. The molecule has 2 N–H and O–H groups in total. The second-order valence-corrected chi connectivity index (χ2v) is 7.22. The molecule has 1 aliphatic carbocycles. The molecule has 25 heavy (non-hydrogen) atoms. The number of aromatic amines is 2. The molecule has 5 rings (SSSR count). The number of fused-ring (bicyclic) bond motifs is 1. The highest BCUT2D eigenvalue weighted by Gasteiger charge is 2.31. The molecule has 1 unspecified atom stereocenters. The number of nitrogens with zero attached hydrogens (tertiary/aromatic N) is 3. The van der Waals surface area contributed by atoms with E-state index in [1.807, 2.05) is 35.4 Å². The lowest BCUT2D eigenvalue weighted by Crippen LogP contribution is -2.39. The minimum atomic E-state index is 0.0964. The van der Waals surface area contributed by atoms with Crippen LogP contribution in [0.2, 0.25) is 0 Å². The second-order valence-electron chi connectivity index (χ2n) is 7.22. The standard InChI is InChI=1S/C19H21N5O/c25-19(14-6-3-12-7-8-20-16(12)10-14)24-9-1-2-15(11-24)18-21-17(22-23-18)13-4-5-13/h3,6-8,10,13,15,20H,1-2,4-5,9,11H2,(H,21,22,23). The molecule has 1 amide bonds. The number of hydrogen-bond donors (Lipinski definition) is 2. The maximum absolute atomic E-state index is 12.9. The van der Waals surface area contributed by atoms with Gasteiger partial charge in [-0.25, -0.2) is 4.98 Å². The normalized spacial score (nSPS) is 21.0. The van der Waals surface area contributed by atoms with Gasteiger partial charge < -0.3 is 9.88 Å². The molecular formula is C19H21N5O. The summed E-state index contributed by atoms with van der Waals surface area (Å²) in [6.07, 6.45) is 6.36. The van der Waals surface area contributed by atoms with Gasteiger partial charge in [0.05, 0.1) is 0 Å². The van der Waals surface area contributed by atoms with Crippen LogP contribution in [0.4, 0.5) is 0 Å². The Kier molecular flexibility index (Phi) is 3.36. The number of H-pyrrole nitrogens is 2. The Morgan fingerprint density at radius 3 is 2.96 bits per heavy atom. The highest BCUT2D eigenvalue weighted by atomic mass is 16.2. The van der Waals surface area contributed by atoms with Crippen molar-refractivity contribution < 1.29 is 4.79 Å². The van der Waals surface area contributed by atoms with E-state index in [9.17, 15) is 4.79 Å². The number of piperidine rings is 1. The summed E-state index contributed by atoms with van der Waals surface area (Å²) in [6.45, 7) is 1.50. The summed E-state index contributed by atoms with van der Waals surface area (Å²) < 4.78 is 0. The van der Waals surface area contributed by atoms with Crippen molar-refractivity contribution in [2.75, 3.05) is 13.1 Å². The van der Waals surface area contributed by atoms with Gasteiger partial charge in [-0.2, -0.15) is 5.10 Å². The summed E-state index contributed by atoms with van der Waals surface area (Å²) >= 11 is 0. The Hall–Kier alpha value is -2.63. The zero-order chi connectivity index (χ0) is 16.8. The Bertz CT molecular complexity index is 923. The van der Waals surface area contributed by atoms with Crippen molar-refractivity contribution in [1.82, 2.24) is 25.1 Å². The molecule has 6 heteroatoms. The number of carbonyl (C=O) groups is 1. The number of aromatic nitrogens is 4. The van der Waals surface area contributed by atoms with Gasteiger partial charge in [0, 0.05) is 42.2 Å². The molecule has 0 radical (unpaired) electrons.